The molecule has 2 aromatic carbocycles. The molecule has 7 nitrogen and oxygen atoms in total. The van der Waals surface area contributed by atoms with E-state index in [1.807, 2.05) is 36.1 Å². The number of thiocarbonyl (C=S) groups is 1. The Kier molecular flexibility index (Phi) is 8.35. The number of likely N-dealkylation sites (N-methyl/N-ethyl adjacent to an activating group) is 1. The van der Waals surface area contributed by atoms with E-state index < -0.39 is 0 Å². The summed E-state index contributed by atoms with van der Waals surface area (Å²) in [5.41, 5.74) is 2.10. The third-order valence-corrected chi connectivity index (χ3v) is 5.22. The lowest BCUT2D eigenvalue weighted by Gasteiger charge is -2.32. The van der Waals surface area contributed by atoms with Gasteiger partial charge in [-0.1, -0.05) is 18.2 Å². The van der Waals surface area contributed by atoms with Crippen LogP contribution in [0, 0.1) is 0 Å². The van der Waals surface area contributed by atoms with Gasteiger partial charge in [0.25, 0.3) is 5.91 Å². The number of rotatable bonds is 6. The number of hydrogen-bond acceptors (Lipinski definition) is 5. The lowest BCUT2D eigenvalue weighted by Crippen LogP contribution is -2.47. The van der Waals surface area contributed by atoms with Gasteiger partial charge < -0.3 is 19.9 Å². The van der Waals surface area contributed by atoms with E-state index in [0.29, 0.717) is 30.9 Å². The summed E-state index contributed by atoms with van der Waals surface area (Å²) in [4.78, 5) is 29.0. The summed E-state index contributed by atoms with van der Waals surface area (Å²) in [5, 5.41) is 5.75. The highest BCUT2D eigenvalue weighted by molar-refractivity contribution is 7.80. The first-order valence-corrected chi connectivity index (χ1v) is 11.0. The monoisotopic (exact) mass is 452 g/mol. The first kappa shape index (κ1) is 23.4. The zero-order valence-corrected chi connectivity index (χ0v) is 19.2. The summed E-state index contributed by atoms with van der Waals surface area (Å²) in [6.07, 6.45) is 3.11. The second-order valence-corrected chi connectivity index (χ2v) is 7.86. The SMILES string of the molecule is CCOc1ccc(/C=C/C(=O)NC(=S)Nc2cccc(C(=O)N3CCN(C)CC3)c2)cc1. The fraction of sp³-hybridized carbons (Fsp3) is 0.292. The van der Waals surface area contributed by atoms with E-state index in [4.69, 9.17) is 17.0 Å². The van der Waals surface area contributed by atoms with Crippen LogP contribution in [0.2, 0.25) is 0 Å². The summed E-state index contributed by atoms with van der Waals surface area (Å²) in [6.45, 7) is 5.68. The molecule has 0 unspecified atom stereocenters. The minimum Gasteiger partial charge on any atom is -0.494 e. The van der Waals surface area contributed by atoms with Gasteiger partial charge in [0.2, 0.25) is 5.91 Å². The van der Waals surface area contributed by atoms with E-state index in [1.165, 1.54) is 6.08 Å². The van der Waals surface area contributed by atoms with Crippen molar-refractivity contribution in [2.24, 2.45) is 0 Å². The molecule has 1 heterocycles. The molecule has 0 radical (unpaired) electrons. The molecule has 32 heavy (non-hydrogen) atoms. The van der Waals surface area contributed by atoms with Crippen molar-refractivity contribution in [2.45, 2.75) is 6.92 Å². The van der Waals surface area contributed by atoms with Gasteiger partial charge in [0.1, 0.15) is 5.75 Å². The van der Waals surface area contributed by atoms with E-state index in [9.17, 15) is 9.59 Å². The number of anilines is 1. The van der Waals surface area contributed by atoms with Crippen LogP contribution >= 0.6 is 12.2 Å². The lowest BCUT2D eigenvalue weighted by atomic mass is 10.1. The van der Waals surface area contributed by atoms with Crippen molar-refractivity contribution in [3.8, 4) is 5.75 Å². The number of hydrogen-bond donors (Lipinski definition) is 2. The Morgan fingerprint density at radius 2 is 1.81 bits per heavy atom. The molecule has 0 spiro atoms. The standard InChI is InChI=1S/C24H28N4O3S/c1-3-31-21-10-7-18(8-11-21)9-12-22(29)26-24(32)25-20-6-4-5-19(17-20)23(30)28-15-13-27(2)14-16-28/h4-12,17H,3,13-16H2,1-2H3,(H2,25,26,29,32)/b12-9+. The van der Waals surface area contributed by atoms with Gasteiger partial charge in [-0.15, -0.1) is 0 Å². The van der Waals surface area contributed by atoms with Crippen molar-refractivity contribution < 1.29 is 14.3 Å². The average molecular weight is 453 g/mol. The minimum atomic E-state index is -0.346. The van der Waals surface area contributed by atoms with Crippen molar-refractivity contribution in [3.05, 3.63) is 65.7 Å². The first-order valence-electron chi connectivity index (χ1n) is 10.6. The number of benzene rings is 2. The highest BCUT2D eigenvalue weighted by Crippen LogP contribution is 2.15. The molecule has 1 saturated heterocycles. The molecule has 3 rings (SSSR count). The van der Waals surface area contributed by atoms with Gasteiger partial charge in [-0.2, -0.15) is 0 Å². The largest absolute Gasteiger partial charge is 0.494 e. The molecule has 0 bridgehead atoms. The summed E-state index contributed by atoms with van der Waals surface area (Å²) >= 11 is 5.24. The fourth-order valence-electron chi connectivity index (χ4n) is 3.25. The number of amides is 2. The molecule has 168 valence electrons. The topological polar surface area (TPSA) is 73.9 Å². The van der Waals surface area contributed by atoms with Crippen LogP contribution in [0.25, 0.3) is 6.08 Å². The Bertz CT molecular complexity index is 983. The maximum atomic E-state index is 12.8. The summed E-state index contributed by atoms with van der Waals surface area (Å²) in [6, 6.07) is 14.6. The molecule has 8 heteroatoms. The molecule has 1 aliphatic heterocycles. The van der Waals surface area contributed by atoms with Gasteiger partial charge in [-0.05, 0) is 68.2 Å². The van der Waals surface area contributed by atoms with Crippen molar-refractivity contribution in [2.75, 3.05) is 45.2 Å². The van der Waals surface area contributed by atoms with Crippen LogP contribution in [0.4, 0.5) is 5.69 Å². The highest BCUT2D eigenvalue weighted by Gasteiger charge is 2.20. The molecule has 1 fully saturated rings. The molecule has 0 atom stereocenters. The van der Waals surface area contributed by atoms with Gasteiger partial charge in [0.15, 0.2) is 5.11 Å². The molecule has 1 aliphatic rings. The van der Waals surface area contributed by atoms with E-state index >= 15 is 0 Å². The van der Waals surface area contributed by atoms with Crippen LogP contribution in [-0.4, -0.2) is 66.6 Å². The minimum absolute atomic E-state index is 0.00464. The fourth-order valence-corrected chi connectivity index (χ4v) is 3.47. The van der Waals surface area contributed by atoms with Crippen LogP contribution in [-0.2, 0) is 4.79 Å². The number of nitrogens with one attached hydrogen (secondary N) is 2. The van der Waals surface area contributed by atoms with Crippen LogP contribution in [0.3, 0.4) is 0 Å². The number of carbonyl (C=O) groups is 2. The summed E-state index contributed by atoms with van der Waals surface area (Å²) in [7, 11) is 2.05. The van der Waals surface area contributed by atoms with E-state index in [-0.39, 0.29) is 16.9 Å². The van der Waals surface area contributed by atoms with Crippen molar-refractivity contribution in [1.29, 1.82) is 0 Å². The third kappa shape index (κ3) is 6.90. The zero-order chi connectivity index (χ0) is 22.9. The van der Waals surface area contributed by atoms with Gasteiger partial charge in [-0.25, -0.2) is 0 Å². The Morgan fingerprint density at radius 1 is 1.09 bits per heavy atom. The van der Waals surface area contributed by atoms with Crippen molar-refractivity contribution in [3.63, 3.8) is 0 Å². The maximum absolute atomic E-state index is 12.8. The summed E-state index contributed by atoms with van der Waals surface area (Å²) < 4.78 is 5.40. The van der Waals surface area contributed by atoms with Gasteiger partial charge >= 0.3 is 0 Å². The van der Waals surface area contributed by atoms with Crippen LogP contribution in [0.1, 0.15) is 22.8 Å². The average Bonchev–Trinajstić information content (AvgIpc) is 2.79. The van der Waals surface area contributed by atoms with Crippen LogP contribution in [0.15, 0.2) is 54.6 Å². The molecular weight excluding hydrogens is 424 g/mol. The van der Waals surface area contributed by atoms with E-state index in [1.54, 1.807) is 30.3 Å². The van der Waals surface area contributed by atoms with Gasteiger partial charge in [-0.3, -0.25) is 14.9 Å². The second-order valence-electron chi connectivity index (χ2n) is 7.46. The van der Waals surface area contributed by atoms with E-state index in [0.717, 1.165) is 24.4 Å². The smallest absolute Gasteiger partial charge is 0.254 e. The lowest BCUT2D eigenvalue weighted by molar-refractivity contribution is -0.115. The molecule has 0 aromatic heterocycles. The first-order chi connectivity index (χ1) is 15.4. The maximum Gasteiger partial charge on any atom is 0.254 e. The van der Waals surface area contributed by atoms with Crippen molar-refractivity contribution in [1.82, 2.24) is 15.1 Å². The second kappa shape index (κ2) is 11.4. The number of piperazine rings is 1. The molecule has 0 aliphatic carbocycles. The Morgan fingerprint density at radius 3 is 2.50 bits per heavy atom. The molecule has 2 amide bonds. The van der Waals surface area contributed by atoms with Crippen molar-refractivity contribution >= 4 is 40.9 Å². The number of carbonyl (C=O) groups excluding carboxylic acids is 2. The molecular formula is C24H28N4O3S. The predicted octanol–water partition coefficient (Wildman–Crippen LogP) is 3.00. The third-order valence-electron chi connectivity index (χ3n) is 5.01. The number of ether oxygens (including phenoxy) is 1. The molecule has 2 N–H and O–H groups in total. The van der Waals surface area contributed by atoms with E-state index in [2.05, 4.69) is 22.6 Å². The molecule has 2 aromatic rings. The van der Waals surface area contributed by atoms with Crippen LogP contribution < -0.4 is 15.4 Å². The predicted molar refractivity (Wildman–Crippen MR) is 131 cm³/mol. The quantitative estimate of drug-likeness (QED) is 0.519. The van der Waals surface area contributed by atoms with Gasteiger partial charge in [0.05, 0.1) is 6.61 Å². The van der Waals surface area contributed by atoms with Crippen LogP contribution in [0.5, 0.6) is 5.75 Å². The summed E-state index contributed by atoms with van der Waals surface area (Å²) in [5.74, 6) is 0.434. The Balaban J connectivity index is 1.52. The Hall–Kier alpha value is -3.23. The van der Waals surface area contributed by atoms with Gasteiger partial charge in [0, 0.05) is 43.5 Å². The molecule has 0 saturated carbocycles. The number of nitrogens with zero attached hydrogens (tertiary/aromatic N) is 2. The highest BCUT2D eigenvalue weighted by atomic mass is 32.1. The zero-order valence-electron chi connectivity index (χ0n) is 18.3. The Labute approximate surface area is 194 Å². The normalized spacial score (nSPS) is 14.2.